The molecule has 7 heteroatoms. The highest BCUT2D eigenvalue weighted by Gasteiger charge is 2.30. The molecule has 7 nitrogen and oxygen atoms in total. The van der Waals surface area contributed by atoms with E-state index in [4.69, 9.17) is 14.0 Å². The van der Waals surface area contributed by atoms with E-state index in [1.54, 1.807) is 19.2 Å². The molecular weight excluding hydrogens is 358 g/mol. The largest absolute Gasteiger partial charge is 0.496 e. The number of hydrogen-bond acceptors (Lipinski definition) is 6. The van der Waals surface area contributed by atoms with Gasteiger partial charge in [0, 0.05) is 13.1 Å². The van der Waals surface area contributed by atoms with Crippen molar-refractivity contribution in [3.05, 3.63) is 66.1 Å². The zero-order valence-corrected chi connectivity index (χ0v) is 15.6. The fourth-order valence-electron chi connectivity index (χ4n) is 3.38. The molecule has 1 atom stereocenters. The predicted molar refractivity (Wildman–Crippen MR) is 102 cm³/mol. The van der Waals surface area contributed by atoms with Crippen LogP contribution in [0.5, 0.6) is 17.5 Å². The smallest absolute Gasteiger partial charge is 0.359 e. The van der Waals surface area contributed by atoms with Gasteiger partial charge in [-0.3, -0.25) is 4.79 Å². The molecule has 0 spiro atoms. The summed E-state index contributed by atoms with van der Waals surface area (Å²) >= 11 is 0. The summed E-state index contributed by atoms with van der Waals surface area (Å²) in [5, 5.41) is 3.91. The van der Waals surface area contributed by atoms with Crippen LogP contribution in [-0.2, 0) is 0 Å². The third-order valence-electron chi connectivity index (χ3n) is 4.77. The summed E-state index contributed by atoms with van der Waals surface area (Å²) in [5.41, 5.74) is 0.560. The number of amides is 1. The van der Waals surface area contributed by atoms with Gasteiger partial charge in [0.1, 0.15) is 11.5 Å². The highest BCUT2D eigenvalue weighted by Crippen LogP contribution is 2.30. The molecule has 144 valence electrons. The molecule has 0 aliphatic carbocycles. The number of benzene rings is 2. The highest BCUT2D eigenvalue weighted by atomic mass is 16.6. The standard InChI is InChI=1S/C21H21N3O4/c1-26-18-12-6-5-11-17(18)20(25)24-13-7-8-15(14-24)19-22-21(23-28-19)27-16-9-3-2-4-10-16/h2-6,9-12,15H,7-8,13-14H2,1H3/t15-/m0/s1. The topological polar surface area (TPSA) is 77.7 Å². The third-order valence-corrected chi connectivity index (χ3v) is 4.77. The summed E-state index contributed by atoms with van der Waals surface area (Å²) in [5.74, 6) is 1.64. The molecule has 0 N–H and O–H groups in total. The van der Waals surface area contributed by atoms with Gasteiger partial charge in [0.15, 0.2) is 0 Å². The Labute approximate surface area is 162 Å². The van der Waals surface area contributed by atoms with Gasteiger partial charge in [-0.25, -0.2) is 0 Å². The van der Waals surface area contributed by atoms with Gasteiger partial charge in [0.05, 0.1) is 18.6 Å². The van der Waals surface area contributed by atoms with Crippen molar-refractivity contribution in [2.45, 2.75) is 18.8 Å². The van der Waals surface area contributed by atoms with E-state index in [2.05, 4.69) is 10.1 Å². The van der Waals surface area contributed by atoms with Crippen molar-refractivity contribution in [2.75, 3.05) is 20.2 Å². The number of aromatic nitrogens is 2. The van der Waals surface area contributed by atoms with Crippen LogP contribution in [0.2, 0.25) is 0 Å². The number of likely N-dealkylation sites (tertiary alicyclic amines) is 1. The van der Waals surface area contributed by atoms with Gasteiger partial charge in [-0.1, -0.05) is 30.3 Å². The lowest BCUT2D eigenvalue weighted by Crippen LogP contribution is -2.39. The molecule has 0 radical (unpaired) electrons. The van der Waals surface area contributed by atoms with Gasteiger partial charge >= 0.3 is 6.01 Å². The summed E-state index contributed by atoms with van der Waals surface area (Å²) in [6.45, 7) is 1.21. The van der Waals surface area contributed by atoms with Crippen LogP contribution in [0.3, 0.4) is 0 Å². The monoisotopic (exact) mass is 379 g/mol. The molecule has 4 rings (SSSR count). The van der Waals surface area contributed by atoms with E-state index < -0.39 is 0 Å². The minimum absolute atomic E-state index is 0.0203. The zero-order valence-electron chi connectivity index (χ0n) is 15.6. The summed E-state index contributed by atoms with van der Waals surface area (Å²) in [7, 11) is 1.57. The van der Waals surface area contributed by atoms with Gasteiger partial charge in [0.25, 0.3) is 5.91 Å². The fraction of sp³-hybridized carbons (Fsp3) is 0.286. The van der Waals surface area contributed by atoms with E-state index in [1.165, 1.54) is 0 Å². The maximum Gasteiger partial charge on any atom is 0.359 e. The molecule has 0 unspecified atom stereocenters. The van der Waals surface area contributed by atoms with E-state index in [-0.39, 0.29) is 17.8 Å². The number of ether oxygens (including phenoxy) is 2. The first kappa shape index (κ1) is 18.0. The van der Waals surface area contributed by atoms with Crippen molar-refractivity contribution in [2.24, 2.45) is 0 Å². The van der Waals surface area contributed by atoms with E-state index in [9.17, 15) is 4.79 Å². The number of piperidine rings is 1. The van der Waals surface area contributed by atoms with Crippen LogP contribution in [-0.4, -0.2) is 41.1 Å². The Morgan fingerprint density at radius 3 is 2.75 bits per heavy atom. The normalized spacial score (nSPS) is 16.6. The average Bonchev–Trinajstić information content (AvgIpc) is 3.22. The highest BCUT2D eigenvalue weighted by molar-refractivity contribution is 5.97. The second kappa shape index (κ2) is 8.12. The summed E-state index contributed by atoms with van der Waals surface area (Å²) in [6.07, 6.45) is 1.74. The molecule has 1 aromatic heterocycles. The molecule has 2 aromatic carbocycles. The minimum atomic E-state index is -0.0533. The van der Waals surface area contributed by atoms with Gasteiger partial charge in [-0.15, -0.1) is 0 Å². The molecule has 1 saturated heterocycles. The molecular formula is C21H21N3O4. The molecule has 2 heterocycles. The van der Waals surface area contributed by atoms with Crippen molar-refractivity contribution in [1.29, 1.82) is 0 Å². The van der Waals surface area contributed by atoms with Gasteiger partial charge < -0.3 is 18.9 Å². The lowest BCUT2D eigenvalue weighted by atomic mass is 9.97. The fourth-order valence-corrected chi connectivity index (χ4v) is 3.38. The predicted octanol–water partition coefficient (Wildman–Crippen LogP) is 3.89. The van der Waals surface area contributed by atoms with E-state index in [0.717, 1.165) is 12.8 Å². The number of hydrogen-bond donors (Lipinski definition) is 0. The van der Waals surface area contributed by atoms with Crippen LogP contribution in [0.25, 0.3) is 0 Å². The number of methoxy groups -OCH3 is 1. The Balaban J connectivity index is 1.46. The molecule has 0 saturated carbocycles. The quantitative estimate of drug-likeness (QED) is 0.669. The van der Waals surface area contributed by atoms with Crippen LogP contribution in [0.4, 0.5) is 0 Å². The molecule has 0 bridgehead atoms. The number of carbonyl (C=O) groups excluding carboxylic acids is 1. The third kappa shape index (κ3) is 3.83. The lowest BCUT2D eigenvalue weighted by Gasteiger charge is -2.31. The first-order valence-electron chi connectivity index (χ1n) is 9.23. The number of nitrogens with zero attached hydrogens (tertiary/aromatic N) is 3. The Bertz CT molecular complexity index is 942. The summed E-state index contributed by atoms with van der Waals surface area (Å²) < 4.78 is 16.3. The van der Waals surface area contributed by atoms with E-state index in [1.807, 2.05) is 47.4 Å². The Morgan fingerprint density at radius 2 is 1.93 bits per heavy atom. The SMILES string of the molecule is COc1ccccc1C(=O)N1CCC[C@H](c2nc(Oc3ccccc3)no2)C1. The maximum absolute atomic E-state index is 13.0. The van der Waals surface area contributed by atoms with Crippen LogP contribution in [0, 0.1) is 0 Å². The van der Waals surface area contributed by atoms with Crippen LogP contribution in [0.1, 0.15) is 35.0 Å². The lowest BCUT2D eigenvalue weighted by molar-refractivity contribution is 0.0692. The molecule has 1 amide bonds. The minimum Gasteiger partial charge on any atom is -0.496 e. The van der Waals surface area contributed by atoms with E-state index >= 15 is 0 Å². The Kier molecular flexibility index (Phi) is 5.23. The number of carbonyl (C=O) groups is 1. The maximum atomic E-state index is 13.0. The van der Waals surface area contributed by atoms with Crippen molar-refractivity contribution in [3.63, 3.8) is 0 Å². The van der Waals surface area contributed by atoms with E-state index in [0.29, 0.717) is 36.0 Å². The van der Waals surface area contributed by atoms with Crippen molar-refractivity contribution in [3.8, 4) is 17.5 Å². The average molecular weight is 379 g/mol. The van der Waals surface area contributed by atoms with Crippen molar-refractivity contribution in [1.82, 2.24) is 15.0 Å². The molecule has 3 aromatic rings. The number of para-hydroxylation sites is 2. The molecule has 1 aliphatic heterocycles. The second-order valence-electron chi connectivity index (χ2n) is 6.62. The van der Waals surface area contributed by atoms with Crippen molar-refractivity contribution < 1.29 is 18.8 Å². The first-order chi connectivity index (χ1) is 13.7. The van der Waals surface area contributed by atoms with Gasteiger partial charge in [-0.05, 0) is 42.3 Å². The van der Waals surface area contributed by atoms with Crippen LogP contribution >= 0.6 is 0 Å². The zero-order chi connectivity index (χ0) is 19.3. The Morgan fingerprint density at radius 1 is 1.14 bits per heavy atom. The first-order valence-corrected chi connectivity index (χ1v) is 9.23. The van der Waals surface area contributed by atoms with Crippen LogP contribution < -0.4 is 9.47 Å². The van der Waals surface area contributed by atoms with Gasteiger partial charge in [-0.2, -0.15) is 4.98 Å². The van der Waals surface area contributed by atoms with Gasteiger partial charge in [0.2, 0.25) is 5.89 Å². The summed E-state index contributed by atoms with van der Waals surface area (Å²) in [4.78, 5) is 19.1. The van der Waals surface area contributed by atoms with Crippen molar-refractivity contribution >= 4 is 5.91 Å². The van der Waals surface area contributed by atoms with Crippen LogP contribution in [0.15, 0.2) is 59.1 Å². The summed E-state index contributed by atoms with van der Waals surface area (Å²) in [6, 6.07) is 16.7. The molecule has 1 aliphatic rings. The number of rotatable bonds is 5. The molecule has 28 heavy (non-hydrogen) atoms. The Hall–Kier alpha value is -3.35. The second-order valence-corrected chi connectivity index (χ2v) is 6.62. The molecule has 1 fully saturated rings.